The lowest BCUT2D eigenvalue weighted by atomic mass is 10.0. The molecule has 96 valence electrons. The maximum Gasteiger partial charge on any atom is 0.125 e. The van der Waals surface area contributed by atoms with Crippen LogP contribution in [0.5, 0.6) is 5.75 Å². The fourth-order valence-electron chi connectivity index (χ4n) is 2.63. The number of ether oxygens (including phenoxy) is 1. The van der Waals surface area contributed by atoms with Crippen molar-refractivity contribution in [3.8, 4) is 11.8 Å². The maximum atomic E-state index is 10.3. The van der Waals surface area contributed by atoms with E-state index >= 15 is 0 Å². The summed E-state index contributed by atoms with van der Waals surface area (Å²) in [5.74, 6) is 0.800. The van der Waals surface area contributed by atoms with Crippen LogP contribution in [0.4, 0.5) is 0 Å². The fraction of sp³-hybridized carbons (Fsp3) is 0.533. The van der Waals surface area contributed by atoms with Crippen LogP contribution < -0.4 is 4.74 Å². The van der Waals surface area contributed by atoms with Crippen LogP contribution in [0.1, 0.15) is 42.4 Å². The molecule has 0 aromatic heterocycles. The minimum Gasteiger partial charge on any atom is -0.490 e. The van der Waals surface area contributed by atoms with Crippen molar-refractivity contribution in [3.63, 3.8) is 0 Å². The Balaban J connectivity index is 2.12. The van der Waals surface area contributed by atoms with E-state index in [-0.39, 0.29) is 0 Å². The predicted octanol–water partition coefficient (Wildman–Crippen LogP) is 2.86. The van der Waals surface area contributed by atoms with Crippen molar-refractivity contribution >= 4 is 0 Å². The minimum absolute atomic E-state index is 0.348. The molecule has 1 aliphatic rings. The lowest BCUT2D eigenvalue weighted by Crippen LogP contribution is -2.32. The molecule has 0 aliphatic heterocycles. The summed E-state index contributed by atoms with van der Waals surface area (Å²) in [6, 6.07) is 5.78. The number of benzene rings is 1. The Morgan fingerprint density at radius 1 is 1.28 bits per heavy atom. The number of hydrogen-bond donors (Lipinski definition) is 1. The van der Waals surface area contributed by atoms with E-state index in [1.807, 2.05) is 26.0 Å². The molecule has 0 atom stereocenters. The third kappa shape index (κ3) is 2.65. The van der Waals surface area contributed by atoms with Gasteiger partial charge in [-0.25, -0.2) is 0 Å². The molecule has 1 aliphatic carbocycles. The van der Waals surface area contributed by atoms with Gasteiger partial charge >= 0.3 is 0 Å². The molecule has 3 heteroatoms. The van der Waals surface area contributed by atoms with Crippen molar-refractivity contribution in [1.29, 1.82) is 5.26 Å². The van der Waals surface area contributed by atoms with Gasteiger partial charge in [0, 0.05) is 0 Å². The Morgan fingerprint density at radius 3 is 2.33 bits per heavy atom. The lowest BCUT2D eigenvalue weighted by molar-refractivity contribution is 0.00103. The Bertz CT molecular complexity index is 459. The van der Waals surface area contributed by atoms with Gasteiger partial charge in [0.2, 0.25) is 0 Å². The van der Waals surface area contributed by atoms with Crippen LogP contribution >= 0.6 is 0 Å². The molecule has 1 aromatic carbocycles. The van der Waals surface area contributed by atoms with Crippen molar-refractivity contribution < 1.29 is 9.84 Å². The third-order valence-corrected chi connectivity index (χ3v) is 3.61. The molecule has 0 saturated heterocycles. The molecule has 2 rings (SSSR count). The van der Waals surface area contributed by atoms with E-state index in [1.54, 1.807) is 0 Å². The normalized spacial score (nSPS) is 17.4. The van der Waals surface area contributed by atoms with Gasteiger partial charge in [0.1, 0.15) is 12.4 Å². The monoisotopic (exact) mass is 245 g/mol. The molecule has 3 nitrogen and oxygen atoms in total. The smallest absolute Gasteiger partial charge is 0.125 e. The number of aryl methyl sites for hydroxylation is 2. The van der Waals surface area contributed by atoms with Crippen molar-refractivity contribution in [3.05, 3.63) is 28.8 Å². The zero-order valence-electron chi connectivity index (χ0n) is 11.0. The summed E-state index contributed by atoms with van der Waals surface area (Å²) in [4.78, 5) is 0. The minimum atomic E-state index is -0.660. The van der Waals surface area contributed by atoms with Crippen LogP contribution in [0, 0.1) is 25.2 Å². The fourth-order valence-corrected chi connectivity index (χ4v) is 2.63. The van der Waals surface area contributed by atoms with Gasteiger partial charge in [0.25, 0.3) is 0 Å². The van der Waals surface area contributed by atoms with Gasteiger partial charge in [-0.1, -0.05) is 12.8 Å². The molecule has 0 bridgehead atoms. The van der Waals surface area contributed by atoms with Crippen LogP contribution in [0.15, 0.2) is 12.1 Å². The second-order valence-corrected chi connectivity index (χ2v) is 5.27. The number of hydrogen-bond acceptors (Lipinski definition) is 3. The zero-order valence-corrected chi connectivity index (χ0v) is 11.0. The van der Waals surface area contributed by atoms with Crippen molar-refractivity contribution in [1.82, 2.24) is 0 Å². The molecule has 18 heavy (non-hydrogen) atoms. The maximum absolute atomic E-state index is 10.3. The van der Waals surface area contributed by atoms with Crippen LogP contribution in [0.3, 0.4) is 0 Å². The molecule has 1 fully saturated rings. The highest BCUT2D eigenvalue weighted by atomic mass is 16.5. The summed E-state index contributed by atoms with van der Waals surface area (Å²) < 4.78 is 5.79. The predicted molar refractivity (Wildman–Crippen MR) is 69.5 cm³/mol. The first kappa shape index (κ1) is 12.9. The third-order valence-electron chi connectivity index (χ3n) is 3.61. The van der Waals surface area contributed by atoms with E-state index < -0.39 is 5.60 Å². The lowest BCUT2D eigenvalue weighted by Gasteiger charge is -2.23. The Kier molecular flexibility index (Phi) is 3.58. The summed E-state index contributed by atoms with van der Waals surface area (Å²) >= 11 is 0. The average molecular weight is 245 g/mol. The topological polar surface area (TPSA) is 53.2 Å². The molecule has 1 N–H and O–H groups in total. The quantitative estimate of drug-likeness (QED) is 0.890. The number of rotatable bonds is 3. The van der Waals surface area contributed by atoms with Gasteiger partial charge in [-0.05, 0) is 49.9 Å². The summed E-state index contributed by atoms with van der Waals surface area (Å²) in [5.41, 5.74) is 1.89. The molecule has 0 amide bonds. The van der Waals surface area contributed by atoms with Gasteiger partial charge in [-0.15, -0.1) is 0 Å². The molecular formula is C15H19NO2. The highest BCUT2D eigenvalue weighted by Crippen LogP contribution is 2.32. The largest absolute Gasteiger partial charge is 0.490 e. The van der Waals surface area contributed by atoms with E-state index in [1.165, 1.54) is 0 Å². The number of nitrogens with zero attached hydrogens (tertiary/aromatic N) is 1. The summed E-state index contributed by atoms with van der Waals surface area (Å²) in [5, 5.41) is 19.1. The van der Waals surface area contributed by atoms with Crippen LogP contribution in [-0.2, 0) is 0 Å². The van der Waals surface area contributed by atoms with Gasteiger partial charge in [-0.3, -0.25) is 0 Å². The standard InChI is InChI=1S/C15H19NO2/c1-11-7-13(9-16)8-12(2)14(11)18-10-15(17)5-3-4-6-15/h7-8,17H,3-6,10H2,1-2H3. The highest BCUT2D eigenvalue weighted by molar-refractivity contribution is 5.47. The van der Waals surface area contributed by atoms with Crippen molar-refractivity contribution in [2.24, 2.45) is 0 Å². The molecule has 1 saturated carbocycles. The molecular weight excluding hydrogens is 226 g/mol. The Labute approximate surface area is 108 Å². The van der Waals surface area contributed by atoms with Crippen molar-refractivity contribution in [2.45, 2.75) is 45.1 Å². The molecule has 0 unspecified atom stereocenters. The van der Waals surface area contributed by atoms with E-state index in [0.29, 0.717) is 12.2 Å². The SMILES string of the molecule is Cc1cc(C#N)cc(C)c1OCC1(O)CCCC1. The Hall–Kier alpha value is -1.53. The van der Waals surface area contributed by atoms with Crippen molar-refractivity contribution in [2.75, 3.05) is 6.61 Å². The molecule has 0 radical (unpaired) electrons. The first-order chi connectivity index (χ1) is 8.54. The van der Waals surface area contributed by atoms with Crippen LogP contribution in [0.2, 0.25) is 0 Å². The second-order valence-electron chi connectivity index (χ2n) is 5.27. The number of aliphatic hydroxyl groups is 1. The molecule has 0 heterocycles. The van der Waals surface area contributed by atoms with Gasteiger partial charge in [0.15, 0.2) is 0 Å². The molecule has 1 aromatic rings. The number of nitriles is 1. The van der Waals surface area contributed by atoms with Gasteiger partial charge in [-0.2, -0.15) is 5.26 Å². The van der Waals surface area contributed by atoms with E-state index in [0.717, 1.165) is 42.6 Å². The average Bonchev–Trinajstić information content (AvgIpc) is 2.75. The summed E-state index contributed by atoms with van der Waals surface area (Å²) in [7, 11) is 0. The second kappa shape index (κ2) is 4.99. The van der Waals surface area contributed by atoms with E-state index in [4.69, 9.17) is 10.00 Å². The Morgan fingerprint density at radius 2 is 1.83 bits per heavy atom. The first-order valence-corrected chi connectivity index (χ1v) is 6.41. The summed E-state index contributed by atoms with van der Waals surface area (Å²) in [6.07, 6.45) is 3.79. The van der Waals surface area contributed by atoms with Crippen LogP contribution in [-0.4, -0.2) is 17.3 Å². The zero-order chi connectivity index (χ0) is 13.2. The van der Waals surface area contributed by atoms with E-state index in [9.17, 15) is 5.11 Å². The van der Waals surface area contributed by atoms with Gasteiger partial charge in [0.05, 0.1) is 17.2 Å². The van der Waals surface area contributed by atoms with Gasteiger partial charge < -0.3 is 9.84 Å². The van der Waals surface area contributed by atoms with E-state index in [2.05, 4.69) is 6.07 Å². The highest BCUT2D eigenvalue weighted by Gasteiger charge is 2.32. The molecule has 0 spiro atoms. The first-order valence-electron chi connectivity index (χ1n) is 6.41. The summed E-state index contributed by atoms with van der Waals surface area (Å²) in [6.45, 7) is 4.21. The van der Waals surface area contributed by atoms with Crippen LogP contribution in [0.25, 0.3) is 0 Å².